The van der Waals surface area contributed by atoms with Crippen LogP contribution in [0.15, 0.2) is 18.2 Å². The summed E-state index contributed by atoms with van der Waals surface area (Å²) in [6.45, 7) is 2.27. The van der Waals surface area contributed by atoms with E-state index in [0.29, 0.717) is 12.1 Å². The lowest BCUT2D eigenvalue weighted by molar-refractivity contribution is 0.748. The van der Waals surface area contributed by atoms with Gasteiger partial charge >= 0.3 is 0 Å². The van der Waals surface area contributed by atoms with Crippen molar-refractivity contribution in [1.82, 2.24) is 0 Å². The molecule has 21 heavy (non-hydrogen) atoms. The number of anilines is 2. The molecule has 2 N–H and O–H groups in total. The molecular weight excluding hydrogens is 256 g/mol. The zero-order valence-corrected chi connectivity index (χ0v) is 13.5. The Morgan fingerprint density at radius 3 is 2.14 bits per heavy atom. The quantitative estimate of drug-likeness (QED) is 0.736. The number of hydrogen-bond donors (Lipinski definition) is 2. The van der Waals surface area contributed by atoms with Gasteiger partial charge in [0.2, 0.25) is 0 Å². The highest BCUT2D eigenvalue weighted by molar-refractivity contribution is 5.62. The molecule has 2 fully saturated rings. The normalized spacial score (nSPS) is 20.0. The predicted octanol–water partition coefficient (Wildman–Crippen LogP) is 5.35. The van der Waals surface area contributed by atoms with Crippen LogP contribution >= 0.6 is 0 Å². The largest absolute Gasteiger partial charge is 0.382 e. The maximum absolute atomic E-state index is 3.82. The number of benzene rings is 1. The second kappa shape index (κ2) is 7.20. The Hall–Kier alpha value is -1.18. The van der Waals surface area contributed by atoms with E-state index < -0.39 is 0 Å². The van der Waals surface area contributed by atoms with Crippen LogP contribution in [-0.2, 0) is 6.42 Å². The van der Waals surface area contributed by atoms with Crippen LogP contribution in [0.5, 0.6) is 0 Å². The number of aryl methyl sites for hydroxylation is 1. The molecule has 0 saturated heterocycles. The summed E-state index contributed by atoms with van der Waals surface area (Å²) >= 11 is 0. The summed E-state index contributed by atoms with van der Waals surface area (Å²) in [5, 5.41) is 7.56. The number of rotatable bonds is 6. The lowest BCUT2D eigenvalue weighted by atomic mass is 10.1. The Balaban J connectivity index is 1.72. The van der Waals surface area contributed by atoms with Crippen LogP contribution in [0.4, 0.5) is 11.4 Å². The molecule has 0 amide bonds. The summed E-state index contributed by atoms with van der Waals surface area (Å²) in [4.78, 5) is 0. The molecule has 3 rings (SSSR count). The van der Waals surface area contributed by atoms with Gasteiger partial charge in [-0.15, -0.1) is 0 Å². The van der Waals surface area contributed by atoms with E-state index in [9.17, 15) is 0 Å². The number of hydrogen-bond acceptors (Lipinski definition) is 2. The summed E-state index contributed by atoms with van der Waals surface area (Å²) in [7, 11) is 0. The van der Waals surface area contributed by atoms with Gasteiger partial charge in [-0.25, -0.2) is 0 Å². The molecule has 2 heteroatoms. The zero-order valence-electron chi connectivity index (χ0n) is 13.5. The molecule has 0 unspecified atom stereocenters. The first kappa shape index (κ1) is 14.7. The summed E-state index contributed by atoms with van der Waals surface area (Å²) < 4.78 is 0. The van der Waals surface area contributed by atoms with Crippen molar-refractivity contribution in [1.29, 1.82) is 0 Å². The lowest BCUT2D eigenvalue weighted by Gasteiger charge is -2.20. The second-order valence-electron chi connectivity index (χ2n) is 6.87. The fourth-order valence-corrected chi connectivity index (χ4v) is 3.88. The standard InChI is InChI=1S/C19H30N2/c1-2-7-15-12-13-18(20-16-8-3-4-9-16)14-19(15)21-17-10-5-6-11-17/h12-14,16-17,20-21H,2-11H2,1H3. The molecular formula is C19H30N2. The SMILES string of the molecule is CCCc1ccc(NC2CCCC2)cc1NC1CCCC1. The van der Waals surface area contributed by atoms with Gasteiger partial charge in [0.05, 0.1) is 0 Å². The summed E-state index contributed by atoms with van der Waals surface area (Å²) in [5.41, 5.74) is 4.18. The molecule has 116 valence electrons. The minimum atomic E-state index is 0.696. The topological polar surface area (TPSA) is 24.1 Å². The van der Waals surface area contributed by atoms with Gasteiger partial charge in [0, 0.05) is 23.5 Å². The van der Waals surface area contributed by atoms with E-state index in [1.807, 2.05) is 0 Å². The average molecular weight is 286 g/mol. The highest BCUT2D eigenvalue weighted by Crippen LogP contribution is 2.29. The Labute approximate surface area is 129 Å². The minimum absolute atomic E-state index is 0.696. The molecule has 1 aromatic carbocycles. The summed E-state index contributed by atoms with van der Waals surface area (Å²) in [5.74, 6) is 0. The van der Waals surface area contributed by atoms with Crippen LogP contribution in [0.25, 0.3) is 0 Å². The molecule has 0 spiro atoms. The molecule has 2 nitrogen and oxygen atoms in total. The first-order chi connectivity index (χ1) is 10.3. The van der Waals surface area contributed by atoms with Crippen molar-refractivity contribution >= 4 is 11.4 Å². The maximum atomic E-state index is 3.82. The van der Waals surface area contributed by atoms with Gasteiger partial charge in [0.15, 0.2) is 0 Å². The minimum Gasteiger partial charge on any atom is -0.382 e. The van der Waals surface area contributed by atoms with Crippen molar-refractivity contribution in [3.8, 4) is 0 Å². The van der Waals surface area contributed by atoms with Gasteiger partial charge in [-0.2, -0.15) is 0 Å². The van der Waals surface area contributed by atoms with E-state index in [-0.39, 0.29) is 0 Å². The van der Waals surface area contributed by atoms with Crippen molar-refractivity contribution in [2.24, 2.45) is 0 Å². The van der Waals surface area contributed by atoms with E-state index in [2.05, 4.69) is 35.8 Å². The first-order valence-electron chi connectivity index (χ1n) is 9.01. The Morgan fingerprint density at radius 2 is 1.52 bits per heavy atom. The molecule has 0 aliphatic heterocycles. The van der Waals surface area contributed by atoms with Crippen LogP contribution < -0.4 is 10.6 Å². The van der Waals surface area contributed by atoms with Gasteiger partial charge in [0.1, 0.15) is 0 Å². The zero-order chi connectivity index (χ0) is 14.5. The van der Waals surface area contributed by atoms with Crippen molar-refractivity contribution < 1.29 is 0 Å². The van der Waals surface area contributed by atoms with Crippen molar-refractivity contribution in [3.63, 3.8) is 0 Å². The van der Waals surface area contributed by atoms with Gasteiger partial charge in [-0.05, 0) is 49.8 Å². The monoisotopic (exact) mass is 286 g/mol. The highest BCUT2D eigenvalue weighted by atomic mass is 14.9. The van der Waals surface area contributed by atoms with Crippen LogP contribution in [-0.4, -0.2) is 12.1 Å². The summed E-state index contributed by atoms with van der Waals surface area (Å²) in [6.07, 6.45) is 13.3. The first-order valence-corrected chi connectivity index (χ1v) is 9.01. The van der Waals surface area contributed by atoms with Crippen molar-refractivity contribution in [3.05, 3.63) is 23.8 Å². The van der Waals surface area contributed by atoms with Crippen molar-refractivity contribution in [2.45, 2.75) is 83.2 Å². The lowest BCUT2D eigenvalue weighted by Crippen LogP contribution is -2.17. The van der Waals surface area contributed by atoms with E-state index in [1.165, 1.54) is 81.1 Å². The molecule has 2 aliphatic carbocycles. The van der Waals surface area contributed by atoms with E-state index >= 15 is 0 Å². The Morgan fingerprint density at radius 1 is 0.905 bits per heavy atom. The third-order valence-corrected chi connectivity index (χ3v) is 5.07. The van der Waals surface area contributed by atoms with Gasteiger partial charge < -0.3 is 10.6 Å². The van der Waals surface area contributed by atoms with Gasteiger partial charge in [0.25, 0.3) is 0 Å². The molecule has 2 saturated carbocycles. The molecule has 2 aliphatic rings. The van der Waals surface area contributed by atoms with Crippen LogP contribution in [0, 0.1) is 0 Å². The fourth-order valence-electron chi connectivity index (χ4n) is 3.88. The van der Waals surface area contributed by atoms with Crippen LogP contribution in [0.3, 0.4) is 0 Å². The van der Waals surface area contributed by atoms with E-state index in [1.54, 1.807) is 0 Å². The maximum Gasteiger partial charge on any atom is 0.0395 e. The van der Waals surface area contributed by atoms with Crippen molar-refractivity contribution in [2.75, 3.05) is 10.6 Å². The molecule has 0 heterocycles. The van der Waals surface area contributed by atoms with Crippen LogP contribution in [0.1, 0.15) is 70.3 Å². The molecule has 0 bridgehead atoms. The van der Waals surface area contributed by atoms with E-state index in [4.69, 9.17) is 0 Å². The molecule has 0 radical (unpaired) electrons. The fraction of sp³-hybridized carbons (Fsp3) is 0.684. The molecule has 0 atom stereocenters. The Kier molecular flexibility index (Phi) is 5.05. The average Bonchev–Trinajstić information content (AvgIpc) is 3.15. The van der Waals surface area contributed by atoms with E-state index in [0.717, 1.165) is 0 Å². The molecule has 1 aromatic rings. The van der Waals surface area contributed by atoms with Gasteiger partial charge in [-0.1, -0.05) is 45.1 Å². The summed E-state index contributed by atoms with van der Waals surface area (Å²) in [6, 6.07) is 8.37. The third kappa shape index (κ3) is 3.93. The second-order valence-corrected chi connectivity index (χ2v) is 6.87. The number of nitrogens with one attached hydrogen (secondary N) is 2. The smallest absolute Gasteiger partial charge is 0.0395 e. The Bertz CT molecular complexity index is 443. The predicted molar refractivity (Wildman–Crippen MR) is 92.2 cm³/mol. The molecule has 0 aromatic heterocycles. The highest BCUT2D eigenvalue weighted by Gasteiger charge is 2.17. The van der Waals surface area contributed by atoms with Gasteiger partial charge in [-0.3, -0.25) is 0 Å². The van der Waals surface area contributed by atoms with Crippen LogP contribution in [0.2, 0.25) is 0 Å². The third-order valence-electron chi connectivity index (χ3n) is 5.07.